The molecule has 0 unspecified atom stereocenters. The van der Waals surface area contributed by atoms with Crippen LogP contribution in [0.2, 0.25) is 0 Å². The molecule has 0 aliphatic rings. The summed E-state index contributed by atoms with van der Waals surface area (Å²) in [5.41, 5.74) is 1.92. The molecule has 1 N–H and O–H groups in total. The van der Waals surface area contributed by atoms with Crippen molar-refractivity contribution in [3.05, 3.63) is 90.0 Å². The molecule has 0 spiro atoms. The van der Waals surface area contributed by atoms with Crippen LogP contribution in [0.1, 0.15) is 22.8 Å². The second-order valence-corrected chi connectivity index (χ2v) is 9.30. The van der Waals surface area contributed by atoms with E-state index in [4.69, 9.17) is 4.74 Å². The average molecular weight is 439 g/mol. The summed E-state index contributed by atoms with van der Waals surface area (Å²) in [4.78, 5) is 12.9. The Balaban J connectivity index is 1.66. The van der Waals surface area contributed by atoms with Gasteiger partial charge in [-0.3, -0.25) is 9.10 Å². The van der Waals surface area contributed by atoms with Crippen molar-refractivity contribution < 1.29 is 17.9 Å². The zero-order valence-electron chi connectivity index (χ0n) is 17.8. The first-order valence-corrected chi connectivity index (χ1v) is 11.4. The predicted octanol–water partition coefficient (Wildman–Crippen LogP) is 4.02. The van der Waals surface area contributed by atoms with Crippen molar-refractivity contribution in [2.45, 2.75) is 24.8 Å². The van der Waals surface area contributed by atoms with Crippen LogP contribution in [0.4, 0.5) is 5.69 Å². The van der Waals surface area contributed by atoms with Crippen LogP contribution in [0, 0.1) is 6.92 Å². The number of nitrogens with zero attached hydrogens (tertiary/aromatic N) is 1. The fourth-order valence-corrected chi connectivity index (χ4v) is 4.15. The van der Waals surface area contributed by atoms with E-state index in [1.165, 1.54) is 23.5 Å². The molecule has 1 atom stereocenters. The van der Waals surface area contributed by atoms with E-state index < -0.39 is 10.0 Å². The van der Waals surface area contributed by atoms with Crippen molar-refractivity contribution in [2.24, 2.45) is 0 Å². The molecule has 1 amide bonds. The fourth-order valence-electron chi connectivity index (χ4n) is 2.94. The Hall–Kier alpha value is -3.32. The largest absolute Gasteiger partial charge is 0.491 e. The van der Waals surface area contributed by atoms with E-state index in [0.717, 1.165) is 11.3 Å². The Kier molecular flexibility index (Phi) is 6.97. The SMILES string of the molecule is Cc1ccc(OC[C@@H](C)NC(=O)c2cccc(N(C)S(=O)(=O)c3ccccc3)c2)cc1. The van der Waals surface area contributed by atoms with Gasteiger partial charge in [-0.2, -0.15) is 0 Å². The summed E-state index contributed by atoms with van der Waals surface area (Å²) in [6.07, 6.45) is 0. The highest BCUT2D eigenvalue weighted by Gasteiger charge is 2.22. The smallest absolute Gasteiger partial charge is 0.264 e. The number of hydrogen-bond acceptors (Lipinski definition) is 4. The number of anilines is 1. The number of nitrogens with one attached hydrogen (secondary N) is 1. The van der Waals surface area contributed by atoms with Crippen LogP contribution in [-0.4, -0.2) is 34.0 Å². The number of hydrogen-bond donors (Lipinski definition) is 1. The molecular formula is C24H26N2O4S. The Morgan fingerprint density at radius 1 is 1.00 bits per heavy atom. The molecule has 6 nitrogen and oxygen atoms in total. The van der Waals surface area contributed by atoms with Crippen molar-refractivity contribution >= 4 is 21.6 Å². The van der Waals surface area contributed by atoms with Gasteiger partial charge in [0.05, 0.1) is 16.6 Å². The molecule has 0 heterocycles. The van der Waals surface area contributed by atoms with Crippen molar-refractivity contribution in [3.8, 4) is 5.75 Å². The maximum absolute atomic E-state index is 12.8. The molecule has 3 rings (SSSR count). The zero-order valence-corrected chi connectivity index (χ0v) is 18.6. The van der Waals surface area contributed by atoms with Gasteiger partial charge in [0.15, 0.2) is 0 Å². The molecule has 0 fully saturated rings. The number of sulfonamides is 1. The van der Waals surface area contributed by atoms with Gasteiger partial charge < -0.3 is 10.1 Å². The number of aryl methyl sites for hydroxylation is 1. The summed E-state index contributed by atoms with van der Waals surface area (Å²) in [5.74, 6) is 0.439. The molecule has 3 aromatic rings. The first-order chi connectivity index (χ1) is 14.8. The van der Waals surface area contributed by atoms with Crippen LogP contribution >= 0.6 is 0 Å². The van der Waals surface area contributed by atoms with Crippen LogP contribution in [0.15, 0.2) is 83.8 Å². The molecule has 7 heteroatoms. The molecule has 0 aliphatic carbocycles. The lowest BCUT2D eigenvalue weighted by atomic mass is 10.2. The number of benzene rings is 3. The minimum absolute atomic E-state index is 0.189. The first-order valence-electron chi connectivity index (χ1n) is 9.92. The molecule has 162 valence electrons. The van der Waals surface area contributed by atoms with Gasteiger partial charge in [0.2, 0.25) is 0 Å². The maximum Gasteiger partial charge on any atom is 0.264 e. The van der Waals surface area contributed by atoms with Gasteiger partial charge in [0.1, 0.15) is 12.4 Å². The molecule has 0 radical (unpaired) electrons. The standard InChI is InChI=1S/C24H26N2O4S/c1-18-12-14-22(15-13-18)30-17-19(2)25-24(27)20-8-7-9-21(16-20)26(3)31(28,29)23-10-5-4-6-11-23/h4-16,19H,17H2,1-3H3,(H,25,27)/t19-/m1/s1. The van der Waals surface area contributed by atoms with E-state index in [0.29, 0.717) is 17.9 Å². The summed E-state index contributed by atoms with van der Waals surface area (Å²) in [7, 11) is -2.25. The number of ether oxygens (including phenoxy) is 1. The first kappa shape index (κ1) is 22.4. The number of amides is 1. The Morgan fingerprint density at radius 3 is 2.35 bits per heavy atom. The normalized spacial score (nSPS) is 12.1. The average Bonchev–Trinajstić information content (AvgIpc) is 2.78. The van der Waals surface area contributed by atoms with Gasteiger partial charge in [0.25, 0.3) is 15.9 Å². The van der Waals surface area contributed by atoms with Crippen LogP contribution < -0.4 is 14.4 Å². The highest BCUT2D eigenvalue weighted by Crippen LogP contribution is 2.23. The van der Waals surface area contributed by atoms with Crippen LogP contribution in [0.5, 0.6) is 5.75 Å². The number of carbonyl (C=O) groups excluding carboxylic acids is 1. The lowest BCUT2D eigenvalue weighted by Crippen LogP contribution is -2.37. The molecule has 0 bridgehead atoms. The van der Waals surface area contributed by atoms with E-state index in [9.17, 15) is 13.2 Å². The van der Waals surface area contributed by atoms with E-state index in [1.807, 2.05) is 38.1 Å². The lowest BCUT2D eigenvalue weighted by Gasteiger charge is -2.20. The van der Waals surface area contributed by atoms with Crippen LogP contribution in [0.3, 0.4) is 0 Å². The minimum Gasteiger partial charge on any atom is -0.491 e. The summed E-state index contributed by atoms with van der Waals surface area (Å²) >= 11 is 0. The van der Waals surface area contributed by atoms with E-state index >= 15 is 0 Å². The number of rotatable bonds is 8. The summed E-state index contributed by atoms with van der Waals surface area (Å²) < 4.78 is 32.6. The molecular weight excluding hydrogens is 412 g/mol. The number of carbonyl (C=O) groups is 1. The fraction of sp³-hybridized carbons (Fsp3) is 0.208. The predicted molar refractivity (Wildman–Crippen MR) is 122 cm³/mol. The lowest BCUT2D eigenvalue weighted by molar-refractivity contribution is 0.0926. The van der Waals surface area contributed by atoms with Crippen molar-refractivity contribution in [1.29, 1.82) is 0 Å². The van der Waals surface area contributed by atoms with Crippen LogP contribution in [0.25, 0.3) is 0 Å². The van der Waals surface area contributed by atoms with Gasteiger partial charge in [-0.15, -0.1) is 0 Å². The van der Waals surface area contributed by atoms with Crippen molar-refractivity contribution in [3.63, 3.8) is 0 Å². The zero-order chi connectivity index (χ0) is 22.4. The van der Waals surface area contributed by atoms with E-state index in [-0.39, 0.29) is 16.8 Å². The quantitative estimate of drug-likeness (QED) is 0.576. The summed E-state index contributed by atoms with van der Waals surface area (Å²) in [6.45, 7) is 4.17. The monoisotopic (exact) mass is 438 g/mol. The van der Waals surface area contributed by atoms with Gasteiger partial charge in [-0.05, 0) is 56.3 Å². The maximum atomic E-state index is 12.8. The van der Waals surface area contributed by atoms with Gasteiger partial charge in [-0.25, -0.2) is 8.42 Å². The molecule has 0 aromatic heterocycles. The summed E-state index contributed by atoms with van der Waals surface area (Å²) in [5, 5.41) is 2.88. The summed E-state index contributed by atoms with van der Waals surface area (Å²) in [6, 6.07) is 22.2. The highest BCUT2D eigenvalue weighted by atomic mass is 32.2. The molecule has 0 saturated heterocycles. The second kappa shape index (κ2) is 9.66. The third-order valence-corrected chi connectivity index (χ3v) is 6.57. The van der Waals surface area contributed by atoms with Gasteiger partial charge in [-0.1, -0.05) is 42.0 Å². The molecule has 31 heavy (non-hydrogen) atoms. The molecule has 0 saturated carbocycles. The minimum atomic E-state index is -3.72. The Labute approximate surface area is 183 Å². The second-order valence-electron chi connectivity index (χ2n) is 7.33. The third kappa shape index (κ3) is 5.64. The molecule has 0 aliphatic heterocycles. The highest BCUT2D eigenvalue weighted by molar-refractivity contribution is 7.92. The Bertz CT molecular complexity index is 1130. The topological polar surface area (TPSA) is 75.7 Å². The Morgan fingerprint density at radius 2 is 1.68 bits per heavy atom. The van der Waals surface area contributed by atoms with E-state index in [2.05, 4.69) is 5.32 Å². The van der Waals surface area contributed by atoms with Gasteiger partial charge in [0, 0.05) is 12.6 Å². The molecule has 3 aromatic carbocycles. The third-order valence-electron chi connectivity index (χ3n) is 4.77. The van der Waals surface area contributed by atoms with Gasteiger partial charge >= 0.3 is 0 Å². The van der Waals surface area contributed by atoms with Crippen molar-refractivity contribution in [1.82, 2.24) is 5.32 Å². The van der Waals surface area contributed by atoms with Crippen LogP contribution in [-0.2, 0) is 10.0 Å². The van der Waals surface area contributed by atoms with Crippen molar-refractivity contribution in [2.75, 3.05) is 18.0 Å². The van der Waals surface area contributed by atoms with E-state index in [1.54, 1.807) is 42.5 Å².